The summed E-state index contributed by atoms with van der Waals surface area (Å²) < 4.78 is 0. The highest BCUT2D eigenvalue weighted by Gasteiger charge is 2.34. The van der Waals surface area contributed by atoms with E-state index in [4.69, 9.17) is 5.11 Å². The highest BCUT2D eigenvalue weighted by atomic mass is 16.6. The van der Waals surface area contributed by atoms with Gasteiger partial charge in [0.15, 0.2) is 0 Å². The fourth-order valence-corrected chi connectivity index (χ4v) is 2.65. The van der Waals surface area contributed by atoms with Gasteiger partial charge in [-0.05, 0) is 25.3 Å². The van der Waals surface area contributed by atoms with Crippen molar-refractivity contribution in [3.63, 3.8) is 0 Å². The molecule has 1 atom stereocenters. The lowest BCUT2D eigenvalue weighted by Gasteiger charge is -2.21. The van der Waals surface area contributed by atoms with E-state index in [0.717, 1.165) is 0 Å². The molecule has 1 aromatic carbocycles. The van der Waals surface area contributed by atoms with Crippen molar-refractivity contribution in [3.05, 3.63) is 39.4 Å². The van der Waals surface area contributed by atoms with Crippen LogP contribution in [0.1, 0.15) is 24.0 Å². The van der Waals surface area contributed by atoms with Crippen LogP contribution in [0.5, 0.6) is 0 Å². The highest BCUT2D eigenvalue weighted by Crippen LogP contribution is 2.24. The van der Waals surface area contributed by atoms with Gasteiger partial charge in [0.2, 0.25) is 5.91 Å². The maximum Gasteiger partial charge on any atom is 0.326 e. The third-order valence-electron chi connectivity index (χ3n) is 3.81. The van der Waals surface area contributed by atoms with Gasteiger partial charge in [0.25, 0.3) is 5.69 Å². The summed E-state index contributed by atoms with van der Waals surface area (Å²) in [6, 6.07) is 3.80. The van der Waals surface area contributed by atoms with Gasteiger partial charge in [-0.1, -0.05) is 12.1 Å². The number of nitro benzene ring substituents is 1. The lowest BCUT2D eigenvalue weighted by molar-refractivity contribution is -0.385. The third kappa shape index (κ3) is 3.01. The number of hydrogen-bond donors (Lipinski definition) is 1. The van der Waals surface area contributed by atoms with Crippen LogP contribution in [0.25, 0.3) is 0 Å². The van der Waals surface area contributed by atoms with Crippen LogP contribution in [-0.2, 0) is 16.0 Å². The van der Waals surface area contributed by atoms with Crippen LogP contribution in [0.3, 0.4) is 0 Å². The molecule has 21 heavy (non-hydrogen) atoms. The van der Waals surface area contributed by atoms with E-state index in [1.807, 2.05) is 0 Å². The first-order valence-electron chi connectivity index (χ1n) is 6.67. The van der Waals surface area contributed by atoms with Crippen LogP contribution in [0.15, 0.2) is 18.2 Å². The molecular formula is C14H16N2O5. The predicted octanol–water partition coefficient (Wildman–Crippen LogP) is 1.52. The van der Waals surface area contributed by atoms with Gasteiger partial charge in [-0.2, -0.15) is 0 Å². The van der Waals surface area contributed by atoms with Crippen LogP contribution >= 0.6 is 0 Å². The Morgan fingerprint density at radius 3 is 2.81 bits per heavy atom. The fraction of sp³-hybridized carbons (Fsp3) is 0.429. The molecule has 0 aromatic heterocycles. The van der Waals surface area contributed by atoms with Crippen molar-refractivity contribution >= 4 is 17.6 Å². The van der Waals surface area contributed by atoms with Crippen molar-refractivity contribution < 1.29 is 19.6 Å². The molecule has 0 radical (unpaired) electrons. The Bertz CT molecular complexity index is 599. The minimum absolute atomic E-state index is 0.0166. The number of benzene rings is 1. The summed E-state index contributed by atoms with van der Waals surface area (Å²) in [6.45, 7) is 2.02. The first kappa shape index (κ1) is 15.0. The topological polar surface area (TPSA) is 101 Å². The second kappa shape index (κ2) is 5.90. The Morgan fingerprint density at radius 2 is 2.19 bits per heavy atom. The molecule has 1 N–H and O–H groups in total. The Kier molecular flexibility index (Phi) is 4.21. The lowest BCUT2D eigenvalue weighted by Crippen LogP contribution is -2.41. The maximum atomic E-state index is 12.3. The average Bonchev–Trinajstić information content (AvgIpc) is 2.90. The van der Waals surface area contributed by atoms with Gasteiger partial charge >= 0.3 is 5.97 Å². The molecule has 2 rings (SSSR count). The molecule has 1 amide bonds. The fourth-order valence-electron chi connectivity index (χ4n) is 2.65. The lowest BCUT2D eigenvalue weighted by atomic mass is 10.0. The monoisotopic (exact) mass is 292 g/mol. The van der Waals surface area contributed by atoms with E-state index in [0.29, 0.717) is 30.5 Å². The number of hydrogen-bond acceptors (Lipinski definition) is 4. The van der Waals surface area contributed by atoms with Crippen molar-refractivity contribution in [2.45, 2.75) is 32.2 Å². The molecule has 7 nitrogen and oxygen atoms in total. The summed E-state index contributed by atoms with van der Waals surface area (Å²) in [5, 5.41) is 20.0. The molecule has 1 aliphatic rings. The third-order valence-corrected chi connectivity index (χ3v) is 3.81. The molecule has 0 spiro atoms. The largest absolute Gasteiger partial charge is 0.480 e. The average molecular weight is 292 g/mol. The number of likely N-dealkylation sites (tertiary alicyclic amines) is 1. The number of carbonyl (C=O) groups is 2. The Morgan fingerprint density at radius 1 is 1.48 bits per heavy atom. The van der Waals surface area contributed by atoms with Gasteiger partial charge in [-0.25, -0.2) is 4.79 Å². The smallest absolute Gasteiger partial charge is 0.326 e. The van der Waals surface area contributed by atoms with E-state index >= 15 is 0 Å². The number of nitrogens with zero attached hydrogens (tertiary/aromatic N) is 2. The Balaban J connectivity index is 2.18. The molecule has 1 fully saturated rings. The maximum absolute atomic E-state index is 12.3. The molecule has 7 heteroatoms. The van der Waals surface area contributed by atoms with Gasteiger partial charge in [0, 0.05) is 18.2 Å². The van der Waals surface area contributed by atoms with Crippen LogP contribution < -0.4 is 0 Å². The summed E-state index contributed by atoms with van der Waals surface area (Å²) >= 11 is 0. The minimum atomic E-state index is -1.00. The number of rotatable bonds is 4. The zero-order valence-electron chi connectivity index (χ0n) is 11.6. The zero-order valence-corrected chi connectivity index (χ0v) is 11.6. The van der Waals surface area contributed by atoms with Crippen LogP contribution in [0.2, 0.25) is 0 Å². The molecule has 0 saturated carbocycles. The zero-order chi connectivity index (χ0) is 15.6. The summed E-state index contributed by atoms with van der Waals surface area (Å²) in [5.74, 6) is -1.31. The molecule has 0 aliphatic carbocycles. The standard InChI is InChI=1S/C14H16N2O5/c1-9-10(4-2-5-11(9)16(20)21)8-13(17)15-7-3-6-12(15)14(18)19/h2,4-5,12H,3,6-8H2,1H3,(H,18,19)/t12-/m0/s1. The summed E-state index contributed by atoms with van der Waals surface area (Å²) in [6.07, 6.45) is 1.10. The predicted molar refractivity (Wildman–Crippen MR) is 73.9 cm³/mol. The van der Waals surface area contributed by atoms with E-state index < -0.39 is 16.9 Å². The van der Waals surface area contributed by atoms with Crippen LogP contribution in [0, 0.1) is 17.0 Å². The van der Waals surface area contributed by atoms with Gasteiger partial charge in [0.05, 0.1) is 11.3 Å². The van der Waals surface area contributed by atoms with Crippen LogP contribution in [-0.4, -0.2) is 39.4 Å². The number of carboxylic acids is 1. The van der Waals surface area contributed by atoms with E-state index in [9.17, 15) is 19.7 Å². The van der Waals surface area contributed by atoms with Gasteiger partial charge in [-0.3, -0.25) is 14.9 Å². The number of nitro groups is 1. The molecule has 112 valence electrons. The first-order valence-corrected chi connectivity index (χ1v) is 6.67. The number of carbonyl (C=O) groups excluding carboxylic acids is 1. The van der Waals surface area contributed by atoms with E-state index in [1.54, 1.807) is 13.0 Å². The Hall–Kier alpha value is -2.44. The molecule has 1 aromatic rings. The molecule has 0 unspecified atom stereocenters. The summed E-state index contributed by atoms with van der Waals surface area (Å²) in [5.41, 5.74) is 0.976. The van der Waals surface area contributed by atoms with Crippen LogP contribution in [0.4, 0.5) is 5.69 Å². The molecule has 1 saturated heterocycles. The SMILES string of the molecule is Cc1c(CC(=O)N2CCC[C@H]2C(=O)O)cccc1[N+](=O)[O-]. The number of carboxylic acid groups (broad SMARTS) is 1. The second-order valence-corrected chi connectivity index (χ2v) is 5.08. The quantitative estimate of drug-likeness (QED) is 0.669. The minimum Gasteiger partial charge on any atom is -0.480 e. The van der Waals surface area contributed by atoms with E-state index in [2.05, 4.69) is 0 Å². The highest BCUT2D eigenvalue weighted by molar-refractivity contribution is 5.85. The summed E-state index contributed by atoms with van der Waals surface area (Å²) in [4.78, 5) is 35.1. The Labute approximate surface area is 121 Å². The normalized spacial score (nSPS) is 17.8. The number of aliphatic carboxylic acids is 1. The van der Waals surface area contributed by atoms with Crippen molar-refractivity contribution in [2.24, 2.45) is 0 Å². The molecular weight excluding hydrogens is 276 g/mol. The number of amides is 1. The summed E-state index contributed by atoms with van der Waals surface area (Å²) in [7, 11) is 0. The molecule has 1 aliphatic heterocycles. The molecule has 1 heterocycles. The van der Waals surface area contributed by atoms with Crippen molar-refractivity contribution in [1.82, 2.24) is 4.90 Å². The van der Waals surface area contributed by atoms with Gasteiger partial charge in [-0.15, -0.1) is 0 Å². The van der Waals surface area contributed by atoms with Gasteiger partial charge in [0.1, 0.15) is 6.04 Å². The first-order chi connectivity index (χ1) is 9.91. The van der Waals surface area contributed by atoms with Crippen molar-refractivity contribution in [3.8, 4) is 0 Å². The molecule has 0 bridgehead atoms. The van der Waals surface area contributed by atoms with Crippen molar-refractivity contribution in [1.29, 1.82) is 0 Å². The van der Waals surface area contributed by atoms with Gasteiger partial charge < -0.3 is 10.0 Å². The second-order valence-electron chi connectivity index (χ2n) is 5.08. The van der Waals surface area contributed by atoms with E-state index in [-0.39, 0.29) is 18.0 Å². The van der Waals surface area contributed by atoms with Crippen molar-refractivity contribution in [2.75, 3.05) is 6.54 Å². The van der Waals surface area contributed by atoms with E-state index in [1.165, 1.54) is 17.0 Å².